The number of amides is 1. The molecule has 1 unspecified atom stereocenters. The van der Waals surface area contributed by atoms with Gasteiger partial charge in [-0.1, -0.05) is 6.92 Å². The van der Waals surface area contributed by atoms with Crippen LogP contribution in [0.5, 0.6) is 0 Å². The van der Waals surface area contributed by atoms with Crippen molar-refractivity contribution in [2.75, 3.05) is 19.7 Å². The van der Waals surface area contributed by atoms with Crippen LogP contribution in [0.25, 0.3) is 0 Å². The summed E-state index contributed by atoms with van der Waals surface area (Å²) in [6.45, 7) is 8.74. The number of carbonyl (C=O) groups excluding carboxylic acids is 2. The number of halogens is 1. The first-order chi connectivity index (χ1) is 8.91. The van der Waals surface area contributed by atoms with E-state index in [0.717, 1.165) is 0 Å². The smallest absolute Gasteiger partial charge is 0.310 e. The second kappa shape index (κ2) is 9.15. The zero-order valence-corrected chi connectivity index (χ0v) is 13.3. The third-order valence-electron chi connectivity index (χ3n) is 2.94. The van der Waals surface area contributed by atoms with Gasteiger partial charge in [-0.25, -0.2) is 0 Å². The third kappa shape index (κ3) is 6.07. The van der Waals surface area contributed by atoms with Crippen molar-refractivity contribution in [3.8, 4) is 0 Å². The van der Waals surface area contributed by atoms with Gasteiger partial charge in [0.05, 0.1) is 24.7 Å². The van der Waals surface area contributed by atoms with Crippen molar-refractivity contribution in [1.82, 2.24) is 10.6 Å². The minimum atomic E-state index is -0.359. The van der Waals surface area contributed by atoms with Crippen LogP contribution in [0.3, 0.4) is 0 Å². The Morgan fingerprint density at radius 1 is 1.40 bits per heavy atom. The highest BCUT2D eigenvalue weighted by atomic mass is 35.5. The van der Waals surface area contributed by atoms with E-state index in [-0.39, 0.29) is 55.0 Å². The van der Waals surface area contributed by atoms with Crippen molar-refractivity contribution >= 4 is 24.3 Å². The van der Waals surface area contributed by atoms with Gasteiger partial charge in [-0.05, 0) is 20.8 Å². The molecule has 0 bridgehead atoms. The first-order valence-corrected chi connectivity index (χ1v) is 6.75. The van der Waals surface area contributed by atoms with Crippen LogP contribution in [0.2, 0.25) is 0 Å². The fourth-order valence-corrected chi connectivity index (χ4v) is 1.82. The monoisotopic (exact) mass is 308 g/mol. The normalized spacial score (nSPS) is 23.6. The molecular formula is C13H25ClN2O4. The number of hydrogen-bond donors (Lipinski definition) is 2. The molecule has 1 aliphatic rings. The number of nitrogens with one attached hydrogen (secondary N) is 2. The Labute approximate surface area is 126 Å². The maximum Gasteiger partial charge on any atom is 0.310 e. The lowest BCUT2D eigenvalue weighted by Gasteiger charge is -2.29. The summed E-state index contributed by atoms with van der Waals surface area (Å²) in [5, 5.41) is 5.86. The highest BCUT2D eigenvalue weighted by molar-refractivity contribution is 5.85. The Hall–Kier alpha value is -0.850. The number of hydrogen-bond acceptors (Lipinski definition) is 5. The summed E-state index contributed by atoms with van der Waals surface area (Å²) in [5.74, 6) is -0.793. The van der Waals surface area contributed by atoms with Crippen molar-refractivity contribution in [2.24, 2.45) is 5.92 Å². The summed E-state index contributed by atoms with van der Waals surface area (Å²) in [4.78, 5) is 23.5. The molecule has 1 aliphatic heterocycles. The van der Waals surface area contributed by atoms with Crippen molar-refractivity contribution in [3.63, 3.8) is 0 Å². The van der Waals surface area contributed by atoms with Crippen LogP contribution in [0.15, 0.2) is 0 Å². The number of ether oxygens (including phenoxy) is 2. The molecule has 7 heteroatoms. The van der Waals surface area contributed by atoms with E-state index in [0.29, 0.717) is 13.2 Å². The molecule has 1 heterocycles. The molecule has 118 valence electrons. The minimum Gasteiger partial charge on any atom is -0.463 e. The van der Waals surface area contributed by atoms with E-state index >= 15 is 0 Å². The summed E-state index contributed by atoms with van der Waals surface area (Å²) in [7, 11) is 0. The molecule has 0 aromatic carbocycles. The van der Waals surface area contributed by atoms with Crippen LogP contribution in [-0.2, 0) is 19.1 Å². The van der Waals surface area contributed by atoms with E-state index in [1.165, 1.54) is 0 Å². The summed E-state index contributed by atoms with van der Waals surface area (Å²) in [6, 6.07) is -0.359. The van der Waals surface area contributed by atoms with Crippen molar-refractivity contribution < 1.29 is 19.1 Å². The molecule has 1 amide bonds. The maximum atomic E-state index is 12.0. The fourth-order valence-electron chi connectivity index (χ4n) is 1.82. The Kier molecular flexibility index (Phi) is 8.76. The number of carbonyl (C=O) groups is 2. The van der Waals surface area contributed by atoms with Crippen LogP contribution in [0.4, 0.5) is 0 Å². The van der Waals surface area contributed by atoms with Gasteiger partial charge in [0.15, 0.2) is 0 Å². The zero-order chi connectivity index (χ0) is 14.4. The Bertz CT molecular complexity index is 325. The lowest BCUT2D eigenvalue weighted by molar-refractivity contribution is -0.151. The summed E-state index contributed by atoms with van der Waals surface area (Å²) in [5.41, 5.74) is 0. The summed E-state index contributed by atoms with van der Waals surface area (Å²) in [6.07, 6.45) is -0.300. The second-order valence-electron chi connectivity index (χ2n) is 5.14. The molecule has 0 aliphatic carbocycles. The van der Waals surface area contributed by atoms with Gasteiger partial charge >= 0.3 is 5.97 Å². The number of esters is 1. The summed E-state index contributed by atoms with van der Waals surface area (Å²) < 4.78 is 10.5. The average Bonchev–Trinajstić information content (AvgIpc) is 2.35. The van der Waals surface area contributed by atoms with Gasteiger partial charge in [0, 0.05) is 13.1 Å². The van der Waals surface area contributed by atoms with E-state index in [4.69, 9.17) is 9.47 Å². The fraction of sp³-hybridized carbons (Fsp3) is 0.846. The van der Waals surface area contributed by atoms with E-state index in [1.54, 1.807) is 20.8 Å². The summed E-state index contributed by atoms with van der Waals surface area (Å²) >= 11 is 0. The molecule has 3 atom stereocenters. The SMILES string of the molecule is CC(C)OC(=O)C(C)CNC(=O)[C@H]1NCCO[C@@H]1C.Cl. The van der Waals surface area contributed by atoms with E-state index < -0.39 is 0 Å². The van der Waals surface area contributed by atoms with E-state index in [2.05, 4.69) is 10.6 Å². The van der Waals surface area contributed by atoms with Crippen molar-refractivity contribution in [2.45, 2.75) is 45.9 Å². The highest BCUT2D eigenvalue weighted by Crippen LogP contribution is 2.05. The minimum absolute atomic E-state index is 0. The van der Waals surface area contributed by atoms with E-state index in [9.17, 15) is 9.59 Å². The zero-order valence-electron chi connectivity index (χ0n) is 12.5. The van der Waals surface area contributed by atoms with E-state index in [1.807, 2.05) is 6.92 Å². The molecule has 1 saturated heterocycles. The Morgan fingerprint density at radius 3 is 2.60 bits per heavy atom. The number of morpholine rings is 1. The van der Waals surface area contributed by atoms with Gasteiger partial charge in [0.25, 0.3) is 0 Å². The van der Waals surface area contributed by atoms with Gasteiger partial charge in [0.2, 0.25) is 5.91 Å². The van der Waals surface area contributed by atoms with Gasteiger partial charge in [-0.15, -0.1) is 12.4 Å². The molecule has 0 saturated carbocycles. The predicted molar refractivity (Wildman–Crippen MR) is 77.9 cm³/mol. The molecule has 20 heavy (non-hydrogen) atoms. The molecule has 6 nitrogen and oxygen atoms in total. The lowest BCUT2D eigenvalue weighted by Crippen LogP contribution is -2.56. The Morgan fingerprint density at radius 2 is 2.05 bits per heavy atom. The quantitative estimate of drug-likeness (QED) is 0.723. The number of rotatable bonds is 5. The topological polar surface area (TPSA) is 76.7 Å². The maximum absolute atomic E-state index is 12.0. The molecule has 0 radical (unpaired) electrons. The first-order valence-electron chi connectivity index (χ1n) is 6.75. The van der Waals surface area contributed by atoms with Gasteiger partial charge < -0.3 is 20.1 Å². The van der Waals surface area contributed by atoms with Crippen LogP contribution < -0.4 is 10.6 Å². The average molecular weight is 309 g/mol. The predicted octanol–water partition coefficient (Wildman–Crippen LogP) is 0.489. The van der Waals surface area contributed by atoms with Gasteiger partial charge in [0.1, 0.15) is 6.04 Å². The van der Waals surface area contributed by atoms with Crippen LogP contribution in [0.1, 0.15) is 27.7 Å². The van der Waals surface area contributed by atoms with Crippen LogP contribution in [-0.4, -0.2) is 49.8 Å². The van der Waals surface area contributed by atoms with Gasteiger partial charge in [-0.2, -0.15) is 0 Å². The second-order valence-corrected chi connectivity index (χ2v) is 5.14. The standard InChI is InChI=1S/C13H24N2O4.ClH/c1-8(2)19-13(17)9(3)7-15-12(16)11-10(4)18-6-5-14-11;/h8-11,14H,5-7H2,1-4H3,(H,15,16);1H/t9?,10-,11+;/m1./s1. The molecule has 2 N–H and O–H groups in total. The van der Waals surface area contributed by atoms with Crippen molar-refractivity contribution in [1.29, 1.82) is 0 Å². The molecule has 0 spiro atoms. The van der Waals surface area contributed by atoms with Crippen LogP contribution in [0, 0.1) is 5.92 Å². The lowest BCUT2D eigenvalue weighted by atomic mass is 10.1. The van der Waals surface area contributed by atoms with Crippen LogP contribution >= 0.6 is 12.4 Å². The molecule has 0 aromatic heterocycles. The van der Waals surface area contributed by atoms with Gasteiger partial charge in [-0.3, -0.25) is 9.59 Å². The third-order valence-corrected chi connectivity index (χ3v) is 2.94. The molecule has 0 aromatic rings. The molecular weight excluding hydrogens is 284 g/mol. The first kappa shape index (κ1) is 19.1. The molecule has 1 rings (SSSR count). The molecule has 1 fully saturated rings. The largest absolute Gasteiger partial charge is 0.463 e. The Balaban J connectivity index is 0.00000361. The highest BCUT2D eigenvalue weighted by Gasteiger charge is 2.28. The van der Waals surface area contributed by atoms with Crippen molar-refractivity contribution in [3.05, 3.63) is 0 Å².